The van der Waals surface area contributed by atoms with Crippen LogP contribution in [0.15, 0.2) is 30.3 Å². The number of carboxylic acids is 1. The first-order valence-electron chi connectivity index (χ1n) is 7.15. The van der Waals surface area contributed by atoms with E-state index in [0.717, 1.165) is 18.5 Å². The van der Waals surface area contributed by atoms with Gasteiger partial charge in [-0.15, -0.1) is 0 Å². The van der Waals surface area contributed by atoms with Gasteiger partial charge in [-0.2, -0.15) is 5.10 Å². The number of hydrogen-bond acceptors (Lipinski definition) is 3. The Bertz CT molecular complexity index is 602. The van der Waals surface area contributed by atoms with Crippen molar-refractivity contribution in [3.8, 4) is 5.75 Å². The number of aromatic nitrogens is 2. The van der Waals surface area contributed by atoms with Crippen LogP contribution in [-0.4, -0.2) is 27.5 Å². The molecule has 2 rings (SSSR count). The third-order valence-electron chi connectivity index (χ3n) is 3.31. The van der Waals surface area contributed by atoms with Gasteiger partial charge in [-0.1, -0.05) is 13.8 Å². The molecule has 0 atom stereocenters. The number of aromatic carboxylic acids is 1. The van der Waals surface area contributed by atoms with Crippen molar-refractivity contribution in [3.05, 3.63) is 47.3 Å². The predicted molar refractivity (Wildman–Crippen MR) is 79.9 cm³/mol. The topological polar surface area (TPSA) is 64.3 Å². The third kappa shape index (κ3) is 3.84. The van der Waals surface area contributed by atoms with Crippen LogP contribution in [0.4, 0.5) is 0 Å². The van der Waals surface area contributed by atoms with Crippen molar-refractivity contribution >= 4 is 5.97 Å². The minimum Gasteiger partial charge on any atom is -0.492 e. The Morgan fingerprint density at radius 1 is 1.24 bits per heavy atom. The quantitative estimate of drug-likeness (QED) is 0.851. The van der Waals surface area contributed by atoms with Gasteiger partial charge in [0.2, 0.25) is 0 Å². The summed E-state index contributed by atoms with van der Waals surface area (Å²) in [5.74, 6) is -0.265. The minimum atomic E-state index is -0.933. The van der Waals surface area contributed by atoms with Crippen LogP contribution in [0.25, 0.3) is 0 Å². The smallest absolute Gasteiger partial charge is 0.335 e. The van der Waals surface area contributed by atoms with E-state index < -0.39 is 5.97 Å². The second kappa shape index (κ2) is 6.92. The number of nitrogens with zero attached hydrogens (tertiary/aromatic N) is 2. The summed E-state index contributed by atoms with van der Waals surface area (Å²) in [5, 5.41) is 13.4. The highest BCUT2D eigenvalue weighted by molar-refractivity contribution is 5.87. The molecule has 0 radical (unpaired) electrons. The summed E-state index contributed by atoms with van der Waals surface area (Å²) in [6, 6.07) is 8.55. The maximum absolute atomic E-state index is 10.8. The standard InChI is InChI=1S/C16H20N2O3/c1-3-13-11-14(4-2)18(17-13)9-10-21-15-7-5-12(6-8-15)16(19)20/h5-8,11H,3-4,9-10H2,1-2H3,(H,19,20). The van der Waals surface area contributed by atoms with E-state index in [1.165, 1.54) is 17.8 Å². The molecule has 0 fully saturated rings. The van der Waals surface area contributed by atoms with E-state index in [1.54, 1.807) is 12.1 Å². The summed E-state index contributed by atoms with van der Waals surface area (Å²) in [7, 11) is 0. The lowest BCUT2D eigenvalue weighted by Crippen LogP contribution is -2.12. The van der Waals surface area contributed by atoms with E-state index in [-0.39, 0.29) is 5.56 Å². The molecule has 5 nitrogen and oxygen atoms in total. The van der Waals surface area contributed by atoms with E-state index in [9.17, 15) is 4.79 Å². The fraction of sp³-hybridized carbons (Fsp3) is 0.375. The number of aryl methyl sites for hydroxylation is 2. The van der Waals surface area contributed by atoms with Gasteiger partial charge in [0, 0.05) is 5.69 Å². The average molecular weight is 288 g/mol. The minimum absolute atomic E-state index is 0.260. The first-order chi connectivity index (χ1) is 10.1. The third-order valence-corrected chi connectivity index (χ3v) is 3.31. The molecular formula is C16H20N2O3. The van der Waals surface area contributed by atoms with Crippen LogP contribution >= 0.6 is 0 Å². The van der Waals surface area contributed by atoms with E-state index in [0.29, 0.717) is 18.9 Å². The van der Waals surface area contributed by atoms with Gasteiger partial charge in [0.25, 0.3) is 0 Å². The molecule has 112 valence electrons. The van der Waals surface area contributed by atoms with Crippen molar-refractivity contribution in [3.63, 3.8) is 0 Å². The summed E-state index contributed by atoms with van der Waals surface area (Å²) < 4.78 is 7.61. The van der Waals surface area contributed by atoms with Crippen molar-refractivity contribution in [2.24, 2.45) is 0 Å². The van der Waals surface area contributed by atoms with Crippen LogP contribution in [-0.2, 0) is 19.4 Å². The lowest BCUT2D eigenvalue weighted by molar-refractivity contribution is 0.0697. The summed E-state index contributed by atoms with van der Waals surface area (Å²) >= 11 is 0. The lowest BCUT2D eigenvalue weighted by Gasteiger charge is -2.08. The molecule has 0 unspecified atom stereocenters. The van der Waals surface area contributed by atoms with Gasteiger partial charge in [0.1, 0.15) is 12.4 Å². The van der Waals surface area contributed by atoms with Gasteiger partial charge in [-0.05, 0) is 43.2 Å². The van der Waals surface area contributed by atoms with Gasteiger partial charge >= 0.3 is 5.97 Å². The zero-order valence-electron chi connectivity index (χ0n) is 12.4. The van der Waals surface area contributed by atoms with Gasteiger partial charge in [0.05, 0.1) is 17.8 Å². The van der Waals surface area contributed by atoms with Crippen molar-refractivity contribution in [1.29, 1.82) is 0 Å². The summed E-state index contributed by atoms with van der Waals surface area (Å²) in [6.45, 7) is 5.39. The molecule has 0 aliphatic carbocycles. The van der Waals surface area contributed by atoms with Gasteiger partial charge in [-0.3, -0.25) is 4.68 Å². The van der Waals surface area contributed by atoms with Gasteiger partial charge in [0.15, 0.2) is 0 Å². The summed E-state index contributed by atoms with van der Waals surface area (Å²) in [5.41, 5.74) is 2.56. The van der Waals surface area contributed by atoms with Crippen molar-refractivity contribution in [2.75, 3.05) is 6.61 Å². The Morgan fingerprint density at radius 2 is 1.95 bits per heavy atom. The fourth-order valence-electron chi connectivity index (χ4n) is 2.11. The van der Waals surface area contributed by atoms with E-state index in [1.807, 2.05) is 4.68 Å². The van der Waals surface area contributed by atoms with Crippen LogP contribution in [0.5, 0.6) is 5.75 Å². The number of benzene rings is 1. The number of hydrogen-bond donors (Lipinski definition) is 1. The molecule has 0 aliphatic heterocycles. The van der Waals surface area contributed by atoms with Crippen LogP contribution in [0, 0.1) is 0 Å². The largest absolute Gasteiger partial charge is 0.492 e. The molecule has 0 saturated carbocycles. The Morgan fingerprint density at radius 3 is 2.52 bits per heavy atom. The normalized spacial score (nSPS) is 10.6. The molecule has 1 N–H and O–H groups in total. The lowest BCUT2D eigenvalue weighted by atomic mass is 10.2. The second-order valence-corrected chi connectivity index (χ2v) is 4.74. The number of carbonyl (C=O) groups is 1. The zero-order valence-corrected chi connectivity index (χ0v) is 12.4. The molecule has 5 heteroatoms. The second-order valence-electron chi connectivity index (χ2n) is 4.74. The highest BCUT2D eigenvalue weighted by Gasteiger charge is 2.06. The van der Waals surface area contributed by atoms with Gasteiger partial charge in [-0.25, -0.2) is 4.79 Å². The highest BCUT2D eigenvalue weighted by atomic mass is 16.5. The van der Waals surface area contributed by atoms with Crippen LogP contribution < -0.4 is 4.74 Å². The molecule has 0 amide bonds. The van der Waals surface area contributed by atoms with Crippen molar-refractivity contribution < 1.29 is 14.6 Å². The van der Waals surface area contributed by atoms with Crippen molar-refractivity contribution in [1.82, 2.24) is 9.78 Å². The first-order valence-corrected chi connectivity index (χ1v) is 7.15. The number of ether oxygens (including phenoxy) is 1. The van der Waals surface area contributed by atoms with Crippen LogP contribution in [0.2, 0.25) is 0 Å². The molecule has 0 spiro atoms. The fourth-order valence-corrected chi connectivity index (χ4v) is 2.11. The first kappa shape index (κ1) is 15.1. The van der Waals surface area contributed by atoms with E-state index in [2.05, 4.69) is 25.0 Å². The molecule has 1 aromatic carbocycles. The average Bonchev–Trinajstić information content (AvgIpc) is 2.90. The molecule has 21 heavy (non-hydrogen) atoms. The molecule has 0 aliphatic rings. The number of rotatable bonds is 7. The monoisotopic (exact) mass is 288 g/mol. The SMILES string of the molecule is CCc1cc(CC)n(CCOc2ccc(C(=O)O)cc2)n1. The highest BCUT2D eigenvalue weighted by Crippen LogP contribution is 2.13. The van der Waals surface area contributed by atoms with Crippen LogP contribution in [0.3, 0.4) is 0 Å². The van der Waals surface area contributed by atoms with E-state index >= 15 is 0 Å². The molecule has 1 heterocycles. The zero-order chi connectivity index (χ0) is 15.2. The molecule has 2 aromatic rings. The molecule has 1 aromatic heterocycles. The Labute approximate surface area is 124 Å². The Kier molecular flexibility index (Phi) is 4.98. The molecule has 0 bridgehead atoms. The summed E-state index contributed by atoms with van der Waals surface area (Å²) in [6.07, 6.45) is 1.87. The predicted octanol–water partition coefficient (Wildman–Crippen LogP) is 2.79. The maximum atomic E-state index is 10.8. The van der Waals surface area contributed by atoms with Crippen molar-refractivity contribution in [2.45, 2.75) is 33.2 Å². The summed E-state index contributed by atoms with van der Waals surface area (Å²) in [4.78, 5) is 10.8. The molecule has 0 saturated heterocycles. The Hall–Kier alpha value is -2.30. The maximum Gasteiger partial charge on any atom is 0.335 e. The molecular weight excluding hydrogens is 268 g/mol. The van der Waals surface area contributed by atoms with Crippen LogP contribution in [0.1, 0.15) is 35.6 Å². The number of carboxylic acid groups (broad SMARTS) is 1. The van der Waals surface area contributed by atoms with Gasteiger partial charge < -0.3 is 9.84 Å². The van der Waals surface area contributed by atoms with E-state index in [4.69, 9.17) is 9.84 Å². The Balaban J connectivity index is 1.92.